The Morgan fingerprint density at radius 1 is 1.55 bits per heavy atom. The molecule has 0 aromatic heterocycles. The first-order valence-corrected chi connectivity index (χ1v) is 3.80. The van der Waals surface area contributed by atoms with Gasteiger partial charge in [-0.25, -0.2) is 0 Å². The molecule has 0 saturated heterocycles. The van der Waals surface area contributed by atoms with Crippen molar-refractivity contribution in [1.29, 1.82) is 0 Å². The van der Waals surface area contributed by atoms with E-state index in [0.29, 0.717) is 5.57 Å². The summed E-state index contributed by atoms with van der Waals surface area (Å²) in [5, 5.41) is 3.02. The van der Waals surface area contributed by atoms with Crippen LogP contribution in [0.15, 0.2) is 12.2 Å². The van der Waals surface area contributed by atoms with Crippen molar-refractivity contribution in [2.24, 2.45) is 5.73 Å². The molecule has 0 rings (SSSR count). The molecule has 0 heterocycles. The van der Waals surface area contributed by atoms with Gasteiger partial charge in [0.25, 0.3) is 0 Å². The van der Waals surface area contributed by atoms with Gasteiger partial charge in [0.15, 0.2) is 0 Å². The molecule has 0 aliphatic heterocycles. The predicted octanol–water partition coefficient (Wildman–Crippen LogP) is 0.418. The Labute approximate surface area is 67.7 Å². The molecule has 0 unspecified atom stereocenters. The maximum absolute atomic E-state index is 10.5. The van der Waals surface area contributed by atoms with Crippen molar-refractivity contribution in [3.8, 4) is 0 Å². The zero-order chi connectivity index (χ0) is 8.69. The summed E-state index contributed by atoms with van der Waals surface area (Å²) in [7, 11) is 1.91. The smallest absolute Gasteiger partial charge is 0.244 e. The molecular formula is C8H16N2O. The summed E-state index contributed by atoms with van der Waals surface area (Å²) in [6.07, 6.45) is 2.75. The normalized spacial score (nSPS) is 9.55. The maximum Gasteiger partial charge on any atom is 0.244 e. The van der Waals surface area contributed by atoms with Crippen LogP contribution in [0.25, 0.3) is 0 Å². The monoisotopic (exact) mass is 156 g/mol. The van der Waals surface area contributed by atoms with Gasteiger partial charge in [0, 0.05) is 5.57 Å². The van der Waals surface area contributed by atoms with Gasteiger partial charge < -0.3 is 11.1 Å². The lowest BCUT2D eigenvalue weighted by Gasteiger charge is -2.00. The molecule has 0 saturated carbocycles. The summed E-state index contributed by atoms with van der Waals surface area (Å²) in [5.41, 5.74) is 5.53. The standard InChI is InChI=1S/C8H16N2O/c1-7(8(9)11)5-3-4-6-10-2/h10H,1,3-6H2,2H3,(H2,9,11). The number of nitrogens with one attached hydrogen (secondary N) is 1. The molecule has 0 aliphatic carbocycles. The number of hydrogen-bond donors (Lipinski definition) is 2. The Morgan fingerprint density at radius 2 is 2.18 bits per heavy atom. The number of nitrogens with two attached hydrogens (primary N) is 1. The Morgan fingerprint density at radius 3 is 2.64 bits per heavy atom. The second kappa shape index (κ2) is 5.92. The molecule has 0 fully saturated rings. The number of rotatable bonds is 6. The third kappa shape index (κ3) is 5.61. The molecule has 0 aromatic rings. The van der Waals surface area contributed by atoms with Gasteiger partial charge in [-0.05, 0) is 32.9 Å². The van der Waals surface area contributed by atoms with E-state index in [0.717, 1.165) is 25.8 Å². The number of carbonyl (C=O) groups excluding carboxylic acids is 1. The summed E-state index contributed by atoms with van der Waals surface area (Å²) in [5.74, 6) is -0.380. The van der Waals surface area contributed by atoms with Crippen LogP contribution in [0.3, 0.4) is 0 Å². The van der Waals surface area contributed by atoms with Crippen molar-refractivity contribution in [1.82, 2.24) is 5.32 Å². The van der Waals surface area contributed by atoms with Crippen molar-refractivity contribution in [3.05, 3.63) is 12.2 Å². The van der Waals surface area contributed by atoms with Gasteiger partial charge >= 0.3 is 0 Å². The zero-order valence-corrected chi connectivity index (χ0v) is 7.02. The van der Waals surface area contributed by atoms with E-state index in [1.807, 2.05) is 7.05 Å². The fourth-order valence-electron chi connectivity index (χ4n) is 0.763. The van der Waals surface area contributed by atoms with Crippen molar-refractivity contribution < 1.29 is 4.79 Å². The van der Waals surface area contributed by atoms with Crippen LogP contribution in [0.4, 0.5) is 0 Å². The van der Waals surface area contributed by atoms with Gasteiger partial charge in [0.05, 0.1) is 0 Å². The number of amides is 1. The molecule has 0 atom stereocenters. The quantitative estimate of drug-likeness (QED) is 0.432. The molecule has 0 spiro atoms. The van der Waals surface area contributed by atoms with Crippen molar-refractivity contribution in [2.45, 2.75) is 19.3 Å². The lowest BCUT2D eigenvalue weighted by atomic mass is 10.1. The number of carbonyl (C=O) groups is 1. The maximum atomic E-state index is 10.5. The minimum Gasteiger partial charge on any atom is -0.366 e. The summed E-state index contributed by atoms with van der Waals surface area (Å²) in [6, 6.07) is 0. The van der Waals surface area contributed by atoms with E-state index in [-0.39, 0.29) is 5.91 Å². The first-order chi connectivity index (χ1) is 5.18. The van der Waals surface area contributed by atoms with E-state index >= 15 is 0 Å². The first kappa shape index (κ1) is 10.2. The molecule has 0 radical (unpaired) electrons. The second-order valence-corrected chi connectivity index (χ2v) is 2.53. The first-order valence-electron chi connectivity index (χ1n) is 3.80. The molecule has 0 bridgehead atoms. The Balaban J connectivity index is 3.25. The van der Waals surface area contributed by atoms with E-state index in [1.165, 1.54) is 0 Å². The zero-order valence-electron chi connectivity index (χ0n) is 7.02. The highest BCUT2D eigenvalue weighted by molar-refractivity contribution is 5.91. The van der Waals surface area contributed by atoms with Crippen LogP contribution >= 0.6 is 0 Å². The van der Waals surface area contributed by atoms with Crippen LogP contribution in [-0.2, 0) is 4.79 Å². The molecule has 1 amide bonds. The summed E-state index contributed by atoms with van der Waals surface area (Å²) >= 11 is 0. The predicted molar refractivity (Wildman–Crippen MR) is 46.1 cm³/mol. The minimum atomic E-state index is -0.380. The van der Waals surface area contributed by atoms with Gasteiger partial charge in [-0.2, -0.15) is 0 Å². The van der Waals surface area contributed by atoms with Crippen LogP contribution in [0.5, 0.6) is 0 Å². The second-order valence-electron chi connectivity index (χ2n) is 2.53. The van der Waals surface area contributed by atoms with E-state index in [4.69, 9.17) is 5.73 Å². The molecule has 0 aliphatic rings. The Hall–Kier alpha value is -0.830. The lowest BCUT2D eigenvalue weighted by molar-refractivity contribution is -0.114. The molecule has 3 heteroatoms. The fourth-order valence-corrected chi connectivity index (χ4v) is 0.763. The lowest BCUT2D eigenvalue weighted by Crippen LogP contribution is -2.13. The highest BCUT2D eigenvalue weighted by Gasteiger charge is 1.99. The summed E-state index contributed by atoms with van der Waals surface area (Å²) in [6.45, 7) is 4.54. The van der Waals surface area contributed by atoms with Gasteiger partial charge in [0.2, 0.25) is 5.91 Å². The fraction of sp³-hybridized carbons (Fsp3) is 0.625. The molecule has 3 N–H and O–H groups in total. The third-order valence-corrected chi connectivity index (χ3v) is 1.50. The van der Waals surface area contributed by atoms with Gasteiger partial charge in [-0.3, -0.25) is 4.79 Å². The highest BCUT2D eigenvalue weighted by Crippen LogP contribution is 2.02. The van der Waals surface area contributed by atoms with Crippen LogP contribution < -0.4 is 11.1 Å². The van der Waals surface area contributed by atoms with E-state index in [1.54, 1.807) is 0 Å². The molecule has 11 heavy (non-hydrogen) atoms. The van der Waals surface area contributed by atoms with Gasteiger partial charge in [-0.15, -0.1) is 0 Å². The Kier molecular flexibility index (Phi) is 5.47. The highest BCUT2D eigenvalue weighted by atomic mass is 16.1. The molecular weight excluding hydrogens is 140 g/mol. The van der Waals surface area contributed by atoms with Gasteiger partial charge in [-0.1, -0.05) is 6.58 Å². The van der Waals surface area contributed by atoms with E-state index < -0.39 is 0 Å². The average molecular weight is 156 g/mol. The van der Waals surface area contributed by atoms with Crippen molar-refractivity contribution in [3.63, 3.8) is 0 Å². The van der Waals surface area contributed by atoms with Crippen LogP contribution in [0.1, 0.15) is 19.3 Å². The topological polar surface area (TPSA) is 55.1 Å². The Bertz CT molecular complexity index is 143. The SMILES string of the molecule is C=C(CCCCNC)C(N)=O. The molecule has 3 nitrogen and oxygen atoms in total. The summed E-state index contributed by atoms with van der Waals surface area (Å²) in [4.78, 5) is 10.5. The van der Waals surface area contributed by atoms with Crippen molar-refractivity contribution >= 4 is 5.91 Å². The molecule has 0 aromatic carbocycles. The number of primary amides is 1. The third-order valence-electron chi connectivity index (χ3n) is 1.50. The molecule has 64 valence electrons. The van der Waals surface area contributed by atoms with E-state index in [9.17, 15) is 4.79 Å². The van der Waals surface area contributed by atoms with Crippen LogP contribution in [-0.4, -0.2) is 19.5 Å². The minimum absolute atomic E-state index is 0.380. The average Bonchev–Trinajstić information content (AvgIpc) is 1.97. The van der Waals surface area contributed by atoms with Gasteiger partial charge in [0.1, 0.15) is 0 Å². The van der Waals surface area contributed by atoms with Crippen molar-refractivity contribution in [2.75, 3.05) is 13.6 Å². The number of hydrogen-bond acceptors (Lipinski definition) is 2. The van der Waals surface area contributed by atoms with Crippen LogP contribution in [0.2, 0.25) is 0 Å². The summed E-state index contributed by atoms with van der Waals surface area (Å²) < 4.78 is 0. The number of unbranched alkanes of at least 4 members (excludes halogenated alkanes) is 1. The van der Waals surface area contributed by atoms with E-state index in [2.05, 4.69) is 11.9 Å². The largest absolute Gasteiger partial charge is 0.366 e. The van der Waals surface area contributed by atoms with Crippen LogP contribution in [0, 0.1) is 0 Å².